The largest absolute Gasteiger partial charge is 0.494 e. The van der Waals surface area contributed by atoms with Crippen LogP contribution < -0.4 is 15.4 Å². The van der Waals surface area contributed by atoms with Crippen LogP contribution in [-0.4, -0.2) is 28.7 Å². The molecule has 3 N–H and O–H groups in total. The quantitative estimate of drug-likeness (QED) is 0.645. The first-order valence-electron chi connectivity index (χ1n) is 7.78. The third-order valence-corrected chi connectivity index (χ3v) is 3.70. The van der Waals surface area contributed by atoms with Crippen LogP contribution in [0, 0.1) is 0 Å². The van der Waals surface area contributed by atoms with Crippen molar-refractivity contribution in [2.24, 2.45) is 0 Å². The highest BCUT2D eigenvalue weighted by Crippen LogP contribution is 2.21. The Morgan fingerprint density at radius 2 is 2.00 bits per heavy atom. The van der Waals surface area contributed by atoms with Gasteiger partial charge in [-0.25, -0.2) is 4.79 Å². The van der Waals surface area contributed by atoms with E-state index in [4.69, 9.17) is 28.6 Å². The van der Waals surface area contributed by atoms with Gasteiger partial charge in [0.15, 0.2) is 5.11 Å². The molecule has 0 saturated heterocycles. The minimum Gasteiger partial charge on any atom is -0.494 e. The molecule has 0 heterocycles. The van der Waals surface area contributed by atoms with Gasteiger partial charge in [-0.2, -0.15) is 0 Å². The van der Waals surface area contributed by atoms with E-state index in [-0.39, 0.29) is 21.4 Å². The fraction of sp³-hybridized carbons (Fsp3) is 0.167. The number of carbonyl (C=O) groups is 2. The fourth-order valence-corrected chi connectivity index (χ4v) is 2.45. The minimum atomic E-state index is -1.16. The molecule has 0 aliphatic rings. The summed E-state index contributed by atoms with van der Waals surface area (Å²) < 4.78 is 5.49. The highest BCUT2D eigenvalue weighted by atomic mass is 35.5. The lowest BCUT2D eigenvalue weighted by Gasteiger charge is -2.12. The van der Waals surface area contributed by atoms with Crippen molar-refractivity contribution in [3.63, 3.8) is 0 Å². The third-order valence-electron chi connectivity index (χ3n) is 3.26. The summed E-state index contributed by atoms with van der Waals surface area (Å²) in [5, 5.41) is 14.7. The Morgan fingerprint density at radius 1 is 1.23 bits per heavy atom. The smallest absolute Gasteiger partial charge is 0.337 e. The normalized spacial score (nSPS) is 10.1. The Balaban J connectivity index is 2.06. The highest BCUT2D eigenvalue weighted by molar-refractivity contribution is 7.80. The molecule has 1 amide bonds. The van der Waals surface area contributed by atoms with Crippen LogP contribution >= 0.6 is 23.8 Å². The van der Waals surface area contributed by atoms with Gasteiger partial charge in [0.25, 0.3) is 5.91 Å². The number of anilines is 1. The van der Waals surface area contributed by atoms with E-state index < -0.39 is 11.9 Å². The van der Waals surface area contributed by atoms with Gasteiger partial charge in [-0.3, -0.25) is 10.1 Å². The monoisotopic (exact) mass is 392 g/mol. The molecule has 26 heavy (non-hydrogen) atoms. The van der Waals surface area contributed by atoms with Crippen LogP contribution in [0.4, 0.5) is 5.69 Å². The van der Waals surface area contributed by atoms with E-state index >= 15 is 0 Å². The van der Waals surface area contributed by atoms with Crippen molar-refractivity contribution >= 4 is 46.5 Å². The Morgan fingerprint density at radius 3 is 2.69 bits per heavy atom. The maximum atomic E-state index is 12.3. The zero-order valence-electron chi connectivity index (χ0n) is 13.9. The van der Waals surface area contributed by atoms with Crippen molar-refractivity contribution in [2.75, 3.05) is 11.9 Å². The Kier molecular flexibility index (Phi) is 6.94. The lowest BCUT2D eigenvalue weighted by atomic mass is 10.2. The zero-order chi connectivity index (χ0) is 19.1. The number of ether oxygens (including phenoxy) is 1. The van der Waals surface area contributed by atoms with Gasteiger partial charge < -0.3 is 15.2 Å². The number of benzene rings is 2. The van der Waals surface area contributed by atoms with E-state index in [1.54, 1.807) is 24.3 Å². The van der Waals surface area contributed by atoms with Crippen LogP contribution in [0.1, 0.15) is 34.1 Å². The molecule has 2 aromatic carbocycles. The van der Waals surface area contributed by atoms with E-state index in [1.807, 2.05) is 6.92 Å². The molecule has 2 aromatic rings. The molecule has 2 rings (SSSR count). The Labute approximate surface area is 161 Å². The first kappa shape index (κ1) is 19.7. The van der Waals surface area contributed by atoms with Crippen LogP contribution in [0.25, 0.3) is 0 Å². The summed E-state index contributed by atoms with van der Waals surface area (Å²) in [6.07, 6.45) is 0.859. The van der Waals surface area contributed by atoms with Crippen LogP contribution in [-0.2, 0) is 0 Å². The number of carboxylic acid groups (broad SMARTS) is 1. The summed E-state index contributed by atoms with van der Waals surface area (Å²) in [6, 6.07) is 11.0. The molecule has 0 radical (unpaired) electrons. The van der Waals surface area contributed by atoms with Crippen LogP contribution in [0.15, 0.2) is 42.5 Å². The minimum absolute atomic E-state index is 0.0281. The SMILES string of the molecule is CCCOc1cccc(C(=O)NC(=S)Nc2ccc(Cl)cc2C(=O)O)c1. The third kappa shape index (κ3) is 5.44. The number of aromatic carboxylic acids is 1. The summed E-state index contributed by atoms with van der Waals surface area (Å²) in [6.45, 7) is 2.54. The van der Waals surface area contributed by atoms with Crippen LogP contribution in [0.3, 0.4) is 0 Å². The molecule has 0 bridgehead atoms. The standard InChI is InChI=1S/C18H17ClN2O4S/c1-2-8-25-13-5-3-4-11(9-13)16(22)21-18(26)20-15-7-6-12(19)10-14(15)17(23)24/h3-7,9-10H,2,8H2,1H3,(H,23,24)(H2,20,21,22,26). The molecule has 8 heteroatoms. The van der Waals surface area contributed by atoms with E-state index in [0.29, 0.717) is 17.9 Å². The second-order valence-electron chi connectivity index (χ2n) is 5.28. The maximum absolute atomic E-state index is 12.3. The maximum Gasteiger partial charge on any atom is 0.337 e. The molecule has 0 spiro atoms. The zero-order valence-corrected chi connectivity index (χ0v) is 15.5. The van der Waals surface area contributed by atoms with Gasteiger partial charge in [0, 0.05) is 10.6 Å². The van der Waals surface area contributed by atoms with Crippen LogP contribution in [0.5, 0.6) is 5.75 Å². The van der Waals surface area contributed by atoms with Crippen molar-refractivity contribution in [2.45, 2.75) is 13.3 Å². The molecule has 0 aliphatic carbocycles. The topological polar surface area (TPSA) is 87.7 Å². The van der Waals surface area contributed by atoms with Crippen molar-refractivity contribution in [3.05, 3.63) is 58.6 Å². The van der Waals surface area contributed by atoms with Gasteiger partial charge in [-0.1, -0.05) is 24.6 Å². The van der Waals surface area contributed by atoms with Crippen molar-refractivity contribution in [3.8, 4) is 5.75 Å². The molecule has 0 aromatic heterocycles. The summed E-state index contributed by atoms with van der Waals surface area (Å²) in [5.74, 6) is -1.01. The van der Waals surface area contributed by atoms with Crippen molar-refractivity contribution in [1.82, 2.24) is 5.32 Å². The van der Waals surface area contributed by atoms with Gasteiger partial charge in [-0.15, -0.1) is 0 Å². The second-order valence-corrected chi connectivity index (χ2v) is 6.12. The fourth-order valence-electron chi connectivity index (χ4n) is 2.08. The number of hydrogen-bond donors (Lipinski definition) is 3. The highest BCUT2D eigenvalue weighted by Gasteiger charge is 2.14. The number of carboxylic acids is 1. The van der Waals surface area contributed by atoms with E-state index in [0.717, 1.165) is 6.42 Å². The van der Waals surface area contributed by atoms with Gasteiger partial charge >= 0.3 is 5.97 Å². The predicted octanol–water partition coefficient (Wildman–Crippen LogP) is 3.95. The number of halogens is 1. The Bertz CT molecular complexity index is 842. The van der Waals surface area contributed by atoms with Crippen molar-refractivity contribution in [1.29, 1.82) is 0 Å². The molecular weight excluding hydrogens is 376 g/mol. The lowest BCUT2D eigenvalue weighted by Crippen LogP contribution is -2.34. The number of amides is 1. The van der Waals surface area contributed by atoms with Gasteiger partial charge in [-0.05, 0) is 55.0 Å². The lowest BCUT2D eigenvalue weighted by molar-refractivity contribution is 0.0697. The summed E-state index contributed by atoms with van der Waals surface area (Å²) in [5.41, 5.74) is 0.550. The summed E-state index contributed by atoms with van der Waals surface area (Å²) in [4.78, 5) is 23.6. The summed E-state index contributed by atoms with van der Waals surface area (Å²) in [7, 11) is 0. The van der Waals surface area contributed by atoms with Gasteiger partial charge in [0.1, 0.15) is 5.75 Å². The van der Waals surface area contributed by atoms with E-state index in [9.17, 15) is 14.7 Å². The molecule has 0 aliphatic heterocycles. The average Bonchev–Trinajstić information content (AvgIpc) is 2.61. The number of carbonyl (C=O) groups excluding carboxylic acids is 1. The first-order chi connectivity index (χ1) is 12.4. The van der Waals surface area contributed by atoms with Crippen LogP contribution in [0.2, 0.25) is 5.02 Å². The van der Waals surface area contributed by atoms with E-state index in [2.05, 4.69) is 10.6 Å². The molecule has 6 nitrogen and oxygen atoms in total. The molecule has 0 fully saturated rings. The van der Waals surface area contributed by atoms with E-state index in [1.165, 1.54) is 18.2 Å². The second kappa shape index (κ2) is 9.17. The number of rotatable bonds is 6. The van der Waals surface area contributed by atoms with Crippen molar-refractivity contribution < 1.29 is 19.4 Å². The predicted molar refractivity (Wildman–Crippen MR) is 104 cm³/mol. The molecule has 136 valence electrons. The van der Waals surface area contributed by atoms with Gasteiger partial charge in [0.05, 0.1) is 17.9 Å². The summed E-state index contributed by atoms with van der Waals surface area (Å²) >= 11 is 10.9. The number of hydrogen-bond acceptors (Lipinski definition) is 4. The van der Waals surface area contributed by atoms with Gasteiger partial charge in [0.2, 0.25) is 0 Å². The number of nitrogens with one attached hydrogen (secondary N) is 2. The number of thiocarbonyl (C=S) groups is 1. The molecule has 0 atom stereocenters. The Hall–Kier alpha value is -2.64. The molecular formula is C18H17ClN2O4S. The molecule has 0 saturated carbocycles. The first-order valence-corrected chi connectivity index (χ1v) is 8.57. The average molecular weight is 393 g/mol. The molecule has 0 unspecified atom stereocenters.